The lowest BCUT2D eigenvalue weighted by Gasteiger charge is -2.27. The quantitative estimate of drug-likeness (QED) is 0.888. The number of hydrogen-bond donors (Lipinski definition) is 2. The molecule has 3 rings (SSSR count). The van der Waals surface area contributed by atoms with Gasteiger partial charge in [0.05, 0.1) is 12.6 Å². The first-order valence-electron chi connectivity index (χ1n) is 7.64. The Morgan fingerprint density at radius 1 is 1.29 bits per heavy atom. The van der Waals surface area contributed by atoms with Crippen molar-refractivity contribution in [1.29, 1.82) is 0 Å². The van der Waals surface area contributed by atoms with Gasteiger partial charge < -0.3 is 20.5 Å². The molecule has 0 bridgehead atoms. The minimum atomic E-state index is -0.471. The Bertz CT molecular complexity index is 512. The number of anilines is 1. The van der Waals surface area contributed by atoms with E-state index in [9.17, 15) is 4.79 Å². The van der Waals surface area contributed by atoms with Crippen molar-refractivity contribution in [3.63, 3.8) is 0 Å². The van der Waals surface area contributed by atoms with E-state index >= 15 is 0 Å². The van der Waals surface area contributed by atoms with Crippen LogP contribution in [0.5, 0.6) is 5.75 Å². The number of ether oxygens (including phenoxy) is 2. The summed E-state index contributed by atoms with van der Waals surface area (Å²) in [6.07, 6.45) is 3.72. The van der Waals surface area contributed by atoms with Gasteiger partial charge in [0.2, 0.25) is 5.91 Å². The summed E-state index contributed by atoms with van der Waals surface area (Å²) in [6.45, 7) is 2.16. The lowest BCUT2D eigenvalue weighted by Crippen LogP contribution is -2.44. The first kappa shape index (κ1) is 14.4. The maximum Gasteiger partial charge on any atom is 0.241 e. The molecule has 5 heteroatoms. The van der Waals surface area contributed by atoms with Crippen molar-refractivity contribution in [1.82, 2.24) is 0 Å². The lowest BCUT2D eigenvalue weighted by atomic mass is 9.92. The number of nitrogens with two attached hydrogens (primary N) is 1. The summed E-state index contributed by atoms with van der Waals surface area (Å²) in [4.78, 5) is 12.3. The third-order valence-electron chi connectivity index (χ3n) is 4.25. The largest absolute Gasteiger partial charge is 0.493 e. The molecule has 5 nitrogen and oxygen atoms in total. The molecule has 0 radical (unpaired) electrons. The second-order valence-corrected chi connectivity index (χ2v) is 5.74. The van der Waals surface area contributed by atoms with Gasteiger partial charge in [-0.25, -0.2) is 0 Å². The van der Waals surface area contributed by atoms with Crippen LogP contribution in [0, 0.1) is 5.92 Å². The van der Waals surface area contributed by atoms with Gasteiger partial charge in [-0.2, -0.15) is 0 Å². The van der Waals surface area contributed by atoms with Crippen LogP contribution in [-0.4, -0.2) is 31.8 Å². The van der Waals surface area contributed by atoms with E-state index in [4.69, 9.17) is 15.2 Å². The van der Waals surface area contributed by atoms with Gasteiger partial charge in [-0.05, 0) is 55.4 Å². The number of amides is 1. The Kier molecular flexibility index (Phi) is 4.41. The van der Waals surface area contributed by atoms with E-state index in [-0.39, 0.29) is 11.8 Å². The van der Waals surface area contributed by atoms with E-state index in [1.54, 1.807) is 0 Å². The zero-order valence-corrected chi connectivity index (χ0v) is 12.1. The summed E-state index contributed by atoms with van der Waals surface area (Å²) in [5.41, 5.74) is 8.03. The molecular weight excluding hydrogens is 268 g/mol. The Balaban J connectivity index is 1.63. The van der Waals surface area contributed by atoms with Crippen LogP contribution in [0.4, 0.5) is 5.69 Å². The fourth-order valence-corrected chi connectivity index (χ4v) is 2.95. The van der Waals surface area contributed by atoms with Gasteiger partial charge in [-0.1, -0.05) is 0 Å². The molecule has 1 aromatic carbocycles. The van der Waals surface area contributed by atoms with E-state index in [2.05, 4.69) is 5.32 Å². The van der Waals surface area contributed by atoms with Gasteiger partial charge in [-0.15, -0.1) is 0 Å². The van der Waals surface area contributed by atoms with Crippen LogP contribution in [0.25, 0.3) is 0 Å². The third-order valence-corrected chi connectivity index (χ3v) is 4.25. The normalized spacial score (nSPS) is 20.2. The van der Waals surface area contributed by atoms with Gasteiger partial charge in [0.25, 0.3) is 0 Å². The minimum absolute atomic E-state index is 0.112. The highest BCUT2D eigenvalue weighted by molar-refractivity contribution is 5.95. The van der Waals surface area contributed by atoms with Crippen molar-refractivity contribution >= 4 is 11.6 Å². The molecular formula is C16H22N2O3. The smallest absolute Gasteiger partial charge is 0.241 e. The second kappa shape index (κ2) is 6.45. The Morgan fingerprint density at radius 3 is 2.90 bits per heavy atom. The molecule has 2 aliphatic rings. The zero-order chi connectivity index (χ0) is 14.7. The van der Waals surface area contributed by atoms with Crippen LogP contribution in [0.1, 0.15) is 24.8 Å². The van der Waals surface area contributed by atoms with Crippen molar-refractivity contribution < 1.29 is 14.3 Å². The predicted molar refractivity (Wildman–Crippen MR) is 80.4 cm³/mol. The summed E-state index contributed by atoms with van der Waals surface area (Å²) in [7, 11) is 0. The first-order chi connectivity index (χ1) is 10.2. The molecule has 0 saturated carbocycles. The number of hydrogen-bond acceptors (Lipinski definition) is 4. The summed E-state index contributed by atoms with van der Waals surface area (Å²) in [6, 6.07) is 5.31. The molecule has 21 heavy (non-hydrogen) atoms. The SMILES string of the molecule is NC(C(=O)Nc1ccc2c(c1)CCCO2)C1CCOCC1. The molecule has 0 aromatic heterocycles. The average molecular weight is 290 g/mol. The molecule has 0 spiro atoms. The number of aryl methyl sites for hydroxylation is 1. The summed E-state index contributed by atoms with van der Waals surface area (Å²) < 4.78 is 10.9. The molecule has 3 N–H and O–H groups in total. The van der Waals surface area contributed by atoms with E-state index in [1.165, 1.54) is 0 Å². The van der Waals surface area contributed by atoms with Crippen LogP contribution in [0.3, 0.4) is 0 Å². The van der Waals surface area contributed by atoms with Crippen molar-refractivity contribution in [3.8, 4) is 5.75 Å². The highest BCUT2D eigenvalue weighted by Gasteiger charge is 2.26. The number of carbonyl (C=O) groups excluding carboxylic acids is 1. The maximum atomic E-state index is 12.3. The Morgan fingerprint density at radius 2 is 2.10 bits per heavy atom. The lowest BCUT2D eigenvalue weighted by molar-refractivity contribution is -0.119. The summed E-state index contributed by atoms with van der Waals surface area (Å²) >= 11 is 0. The molecule has 2 aliphatic heterocycles. The van der Waals surface area contributed by atoms with Crippen LogP contribution in [0.15, 0.2) is 18.2 Å². The van der Waals surface area contributed by atoms with Crippen molar-refractivity contribution in [2.45, 2.75) is 31.7 Å². The van der Waals surface area contributed by atoms with Crippen LogP contribution in [-0.2, 0) is 16.0 Å². The number of rotatable bonds is 3. The minimum Gasteiger partial charge on any atom is -0.493 e. The van der Waals surface area contributed by atoms with E-state index in [0.29, 0.717) is 13.2 Å². The molecule has 1 aromatic rings. The number of fused-ring (bicyclic) bond motifs is 1. The van der Waals surface area contributed by atoms with Gasteiger partial charge in [0, 0.05) is 18.9 Å². The first-order valence-corrected chi connectivity index (χ1v) is 7.64. The summed E-state index contributed by atoms with van der Waals surface area (Å²) in [5, 5.41) is 2.93. The van der Waals surface area contributed by atoms with Crippen molar-refractivity contribution in [2.75, 3.05) is 25.1 Å². The molecule has 1 atom stereocenters. The number of carbonyl (C=O) groups is 1. The number of nitrogens with one attached hydrogen (secondary N) is 1. The van der Waals surface area contributed by atoms with Gasteiger partial charge >= 0.3 is 0 Å². The Labute approximate surface area is 124 Å². The van der Waals surface area contributed by atoms with Crippen LogP contribution in [0.2, 0.25) is 0 Å². The van der Waals surface area contributed by atoms with Crippen molar-refractivity contribution in [2.24, 2.45) is 11.7 Å². The van der Waals surface area contributed by atoms with Crippen molar-refractivity contribution in [3.05, 3.63) is 23.8 Å². The highest BCUT2D eigenvalue weighted by Crippen LogP contribution is 2.28. The highest BCUT2D eigenvalue weighted by atomic mass is 16.5. The third kappa shape index (κ3) is 3.36. The van der Waals surface area contributed by atoms with Gasteiger partial charge in [0.1, 0.15) is 5.75 Å². The molecule has 1 unspecified atom stereocenters. The van der Waals surface area contributed by atoms with E-state index < -0.39 is 6.04 Å². The van der Waals surface area contributed by atoms with Crippen LogP contribution < -0.4 is 15.8 Å². The fraction of sp³-hybridized carbons (Fsp3) is 0.562. The van der Waals surface area contributed by atoms with E-state index in [1.807, 2.05) is 18.2 Å². The maximum absolute atomic E-state index is 12.3. The fourth-order valence-electron chi connectivity index (χ4n) is 2.95. The predicted octanol–water partition coefficient (Wildman–Crippen LogP) is 1.70. The second-order valence-electron chi connectivity index (χ2n) is 5.74. The standard InChI is InChI=1S/C16H22N2O3/c17-15(11-5-8-20-9-6-11)16(19)18-13-3-4-14-12(10-13)2-1-7-21-14/h3-4,10-11,15H,1-2,5-9,17H2,(H,18,19). The van der Waals surface area contributed by atoms with Crippen LogP contribution >= 0.6 is 0 Å². The Hall–Kier alpha value is -1.59. The topological polar surface area (TPSA) is 73.6 Å². The van der Waals surface area contributed by atoms with E-state index in [0.717, 1.165) is 49.3 Å². The molecule has 1 fully saturated rings. The molecule has 1 saturated heterocycles. The zero-order valence-electron chi connectivity index (χ0n) is 12.1. The molecule has 0 aliphatic carbocycles. The molecule has 114 valence electrons. The van der Waals surface area contributed by atoms with Gasteiger partial charge in [0.15, 0.2) is 0 Å². The molecule has 1 amide bonds. The number of benzene rings is 1. The average Bonchev–Trinajstić information content (AvgIpc) is 2.55. The van der Waals surface area contributed by atoms with Gasteiger partial charge in [-0.3, -0.25) is 4.79 Å². The molecule has 2 heterocycles. The monoisotopic (exact) mass is 290 g/mol. The summed E-state index contributed by atoms with van der Waals surface area (Å²) in [5.74, 6) is 1.02.